The topological polar surface area (TPSA) is 48.1 Å². The molecule has 0 saturated heterocycles. The Morgan fingerprint density at radius 1 is 1.67 bits per heavy atom. The Labute approximate surface area is 72.5 Å². The lowest BCUT2D eigenvalue weighted by Crippen LogP contribution is -2.10. The van der Waals surface area contributed by atoms with E-state index in [1.54, 1.807) is 6.20 Å². The quantitative estimate of drug-likeness (QED) is 0.690. The number of rotatable bonds is 3. The number of aryl methyl sites for hydroxylation is 1. The highest BCUT2D eigenvalue weighted by molar-refractivity contribution is 5.20. The molecule has 1 aromatic heterocycles. The molecule has 1 heterocycles. The van der Waals surface area contributed by atoms with E-state index in [1.165, 1.54) is 5.56 Å². The highest BCUT2D eigenvalue weighted by atomic mass is 16.6. The zero-order valence-electron chi connectivity index (χ0n) is 7.45. The summed E-state index contributed by atoms with van der Waals surface area (Å²) in [4.78, 5) is 8.83. The van der Waals surface area contributed by atoms with E-state index in [0.717, 1.165) is 5.69 Å². The maximum atomic E-state index is 4.99. The summed E-state index contributed by atoms with van der Waals surface area (Å²) in [7, 11) is 0. The van der Waals surface area contributed by atoms with Gasteiger partial charge in [0.25, 0.3) is 0 Å². The standard InChI is InChI=1S/C9H14N2O/c1-7-4-3-5-11-9(7)8(2)6-12-10/h3-5,8H,6,10H2,1-2H3. The molecule has 0 fully saturated rings. The van der Waals surface area contributed by atoms with Crippen molar-refractivity contribution in [1.82, 2.24) is 4.98 Å². The average molecular weight is 166 g/mol. The van der Waals surface area contributed by atoms with Crippen molar-refractivity contribution in [2.24, 2.45) is 5.90 Å². The summed E-state index contributed by atoms with van der Waals surface area (Å²) in [5, 5.41) is 0. The third-order valence-electron chi connectivity index (χ3n) is 1.86. The normalized spacial score (nSPS) is 12.9. The van der Waals surface area contributed by atoms with Gasteiger partial charge < -0.3 is 4.84 Å². The van der Waals surface area contributed by atoms with Crippen molar-refractivity contribution in [2.45, 2.75) is 19.8 Å². The molecular weight excluding hydrogens is 152 g/mol. The number of pyridine rings is 1. The largest absolute Gasteiger partial charge is 0.304 e. The summed E-state index contributed by atoms with van der Waals surface area (Å²) in [6.45, 7) is 4.59. The van der Waals surface area contributed by atoms with Crippen molar-refractivity contribution in [3.8, 4) is 0 Å². The molecule has 0 aliphatic carbocycles. The second-order valence-electron chi connectivity index (χ2n) is 2.94. The molecule has 0 radical (unpaired) electrons. The van der Waals surface area contributed by atoms with Gasteiger partial charge in [-0.1, -0.05) is 13.0 Å². The van der Waals surface area contributed by atoms with E-state index in [1.807, 2.05) is 26.0 Å². The molecule has 0 saturated carbocycles. The third-order valence-corrected chi connectivity index (χ3v) is 1.86. The van der Waals surface area contributed by atoms with Crippen LogP contribution in [0.2, 0.25) is 0 Å². The second-order valence-corrected chi connectivity index (χ2v) is 2.94. The molecule has 66 valence electrons. The van der Waals surface area contributed by atoms with Gasteiger partial charge in [0.15, 0.2) is 0 Å². The lowest BCUT2D eigenvalue weighted by Gasteiger charge is -2.10. The van der Waals surface area contributed by atoms with Gasteiger partial charge in [-0.3, -0.25) is 4.98 Å². The fraction of sp³-hybridized carbons (Fsp3) is 0.444. The van der Waals surface area contributed by atoms with E-state index in [2.05, 4.69) is 9.82 Å². The highest BCUT2D eigenvalue weighted by Crippen LogP contribution is 2.15. The molecule has 1 aromatic rings. The Morgan fingerprint density at radius 3 is 3.00 bits per heavy atom. The molecule has 0 bridgehead atoms. The average Bonchev–Trinajstić information content (AvgIpc) is 2.05. The smallest absolute Gasteiger partial charge is 0.0760 e. The number of nitrogens with two attached hydrogens (primary N) is 1. The van der Waals surface area contributed by atoms with Crippen molar-refractivity contribution in [1.29, 1.82) is 0 Å². The molecule has 1 unspecified atom stereocenters. The fourth-order valence-corrected chi connectivity index (χ4v) is 1.24. The van der Waals surface area contributed by atoms with Crippen molar-refractivity contribution < 1.29 is 4.84 Å². The maximum absolute atomic E-state index is 4.99. The van der Waals surface area contributed by atoms with Gasteiger partial charge in [0.05, 0.1) is 6.61 Å². The maximum Gasteiger partial charge on any atom is 0.0760 e. The zero-order valence-corrected chi connectivity index (χ0v) is 7.45. The first-order valence-corrected chi connectivity index (χ1v) is 3.99. The Kier molecular flexibility index (Phi) is 3.19. The zero-order chi connectivity index (χ0) is 8.97. The van der Waals surface area contributed by atoms with Crippen LogP contribution in [0.4, 0.5) is 0 Å². The van der Waals surface area contributed by atoms with Crippen LogP contribution in [0.1, 0.15) is 24.1 Å². The second kappa shape index (κ2) is 4.18. The molecule has 0 amide bonds. The lowest BCUT2D eigenvalue weighted by molar-refractivity contribution is 0.125. The molecule has 0 aromatic carbocycles. The summed E-state index contributed by atoms with van der Waals surface area (Å²) in [5.74, 6) is 5.25. The van der Waals surface area contributed by atoms with Crippen molar-refractivity contribution in [2.75, 3.05) is 6.61 Å². The predicted molar refractivity (Wildman–Crippen MR) is 47.5 cm³/mol. The fourth-order valence-electron chi connectivity index (χ4n) is 1.24. The van der Waals surface area contributed by atoms with Crippen LogP contribution in [0.15, 0.2) is 18.3 Å². The minimum absolute atomic E-state index is 0.260. The van der Waals surface area contributed by atoms with Crippen molar-refractivity contribution >= 4 is 0 Å². The summed E-state index contributed by atoms with van der Waals surface area (Å²) in [6.07, 6.45) is 1.79. The van der Waals surface area contributed by atoms with E-state index >= 15 is 0 Å². The van der Waals surface area contributed by atoms with Gasteiger partial charge in [-0.2, -0.15) is 0 Å². The third kappa shape index (κ3) is 2.03. The minimum Gasteiger partial charge on any atom is -0.304 e. The molecule has 1 rings (SSSR count). The molecule has 3 heteroatoms. The van der Waals surface area contributed by atoms with Crippen LogP contribution in [0.3, 0.4) is 0 Å². The molecule has 1 atom stereocenters. The molecule has 12 heavy (non-hydrogen) atoms. The van der Waals surface area contributed by atoms with E-state index in [9.17, 15) is 0 Å². The number of hydrogen-bond acceptors (Lipinski definition) is 3. The van der Waals surface area contributed by atoms with Crippen LogP contribution < -0.4 is 5.90 Å². The summed E-state index contributed by atoms with van der Waals surface area (Å²) in [6, 6.07) is 3.96. The first-order chi connectivity index (χ1) is 5.75. The van der Waals surface area contributed by atoms with Crippen LogP contribution >= 0.6 is 0 Å². The summed E-state index contributed by atoms with van der Waals surface area (Å²) < 4.78 is 0. The van der Waals surface area contributed by atoms with E-state index in [0.29, 0.717) is 6.61 Å². The van der Waals surface area contributed by atoms with Crippen LogP contribution in [-0.4, -0.2) is 11.6 Å². The molecule has 0 spiro atoms. The predicted octanol–water partition coefficient (Wildman–Crippen LogP) is 1.38. The monoisotopic (exact) mass is 166 g/mol. The van der Waals surface area contributed by atoms with E-state index in [4.69, 9.17) is 5.90 Å². The van der Waals surface area contributed by atoms with Crippen molar-refractivity contribution in [3.63, 3.8) is 0 Å². The van der Waals surface area contributed by atoms with Gasteiger partial charge in [-0.05, 0) is 18.6 Å². The van der Waals surface area contributed by atoms with E-state index < -0.39 is 0 Å². The number of aromatic nitrogens is 1. The van der Waals surface area contributed by atoms with Crippen LogP contribution in [0.5, 0.6) is 0 Å². The molecular formula is C9H14N2O. The van der Waals surface area contributed by atoms with Gasteiger partial charge in [0.2, 0.25) is 0 Å². The Morgan fingerprint density at radius 2 is 2.42 bits per heavy atom. The highest BCUT2D eigenvalue weighted by Gasteiger charge is 2.08. The number of hydrogen-bond donors (Lipinski definition) is 1. The van der Waals surface area contributed by atoms with Crippen molar-refractivity contribution in [3.05, 3.63) is 29.6 Å². The lowest BCUT2D eigenvalue weighted by atomic mass is 10.0. The van der Waals surface area contributed by atoms with Crippen LogP contribution in [-0.2, 0) is 4.84 Å². The Hall–Kier alpha value is -0.930. The van der Waals surface area contributed by atoms with E-state index in [-0.39, 0.29) is 5.92 Å². The number of nitrogens with zero attached hydrogens (tertiary/aromatic N) is 1. The van der Waals surface area contributed by atoms with Gasteiger partial charge in [-0.15, -0.1) is 0 Å². The molecule has 2 N–H and O–H groups in total. The minimum atomic E-state index is 0.260. The SMILES string of the molecule is Cc1cccnc1C(C)CON. The Balaban J connectivity index is 2.79. The molecule has 3 nitrogen and oxygen atoms in total. The van der Waals surface area contributed by atoms with Crippen LogP contribution in [0.25, 0.3) is 0 Å². The van der Waals surface area contributed by atoms with Gasteiger partial charge in [0.1, 0.15) is 0 Å². The Bertz CT molecular complexity index is 250. The summed E-state index contributed by atoms with van der Waals surface area (Å²) >= 11 is 0. The molecule has 0 aliphatic rings. The molecule has 0 aliphatic heterocycles. The van der Waals surface area contributed by atoms with Gasteiger partial charge in [-0.25, -0.2) is 5.90 Å². The first-order valence-electron chi connectivity index (χ1n) is 3.99. The summed E-state index contributed by atoms with van der Waals surface area (Å²) in [5.41, 5.74) is 2.24. The van der Waals surface area contributed by atoms with Gasteiger partial charge >= 0.3 is 0 Å². The first kappa shape index (κ1) is 9.16. The van der Waals surface area contributed by atoms with Gasteiger partial charge in [0, 0.05) is 17.8 Å². The van der Waals surface area contributed by atoms with Crippen LogP contribution in [0, 0.1) is 6.92 Å².